The van der Waals surface area contributed by atoms with Crippen LogP contribution in [0.15, 0.2) is 29.2 Å². The van der Waals surface area contributed by atoms with Gasteiger partial charge in [-0.15, -0.1) is 0 Å². The van der Waals surface area contributed by atoms with Crippen LogP contribution < -0.4 is 0 Å². The number of carbonyl (C=O) groups excluding carboxylic acids is 1. The molecule has 5 nitrogen and oxygen atoms in total. The van der Waals surface area contributed by atoms with Gasteiger partial charge < -0.3 is 4.90 Å². The minimum Gasteiger partial charge on any atom is -0.342 e. The second-order valence-corrected chi connectivity index (χ2v) is 9.13. The summed E-state index contributed by atoms with van der Waals surface area (Å²) in [6, 6.07) is 4.86. The summed E-state index contributed by atoms with van der Waals surface area (Å²) in [7, 11) is -3.69. The highest BCUT2D eigenvalue weighted by Crippen LogP contribution is 2.26. The van der Waals surface area contributed by atoms with Gasteiger partial charge in [0.05, 0.1) is 10.8 Å². The van der Waals surface area contributed by atoms with Crippen molar-refractivity contribution in [3.63, 3.8) is 0 Å². The number of nitrogens with zero attached hydrogens (tertiary/aromatic N) is 2. The zero-order valence-electron chi connectivity index (χ0n) is 14.5. The molecule has 0 saturated carbocycles. The van der Waals surface area contributed by atoms with Gasteiger partial charge in [0.1, 0.15) is 5.82 Å². The van der Waals surface area contributed by atoms with Crippen LogP contribution >= 0.6 is 0 Å². The lowest BCUT2D eigenvalue weighted by Crippen LogP contribution is -2.48. The number of benzene rings is 1. The lowest BCUT2D eigenvalue weighted by molar-refractivity contribution is -0.138. The van der Waals surface area contributed by atoms with Gasteiger partial charge in [-0.1, -0.05) is 6.92 Å². The largest absolute Gasteiger partial charge is 0.342 e. The molecule has 2 atom stereocenters. The number of piperidine rings is 2. The van der Waals surface area contributed by atoms with Crippen LogP contribution in [0.3, 0.4) is 0 Å². The van der Waals surface area contributed by atoms with Crippen molar-refractivity contribution in [3.8, 4) is 0 Å². The van der Waals surface area contributed by atoms with Gasteiger partial charge in [0.25, 0.3) is 0 Å². The normalized spacial score (nSPS) is 25.8. The van der Waals surface area contributed by atoms with Crippen molar-refractivity contribution in [2.75, 3.05) is 26.2 Å². The fourth-order valence-corrected chi connectivity index (χ4v) is 5.29. The highest BCUT2D eigenvalue weighted by atomic mass is 32.2. The van der Waals surface area contributed by atoms with E-state index in [1.807, 2.05) is 4.90 Å². The van der Waals surface area contributed by atoms with Crippen LogP contribution in [0.2, 0.25) is 0 Å². The first-order chi connectivity index (χ1) is 11.9. The lowest BCUT2D eigenvalue weighted by Gasteiger charge is -2.37. The van der Waals surface area contributed by atoms with Crippen LogP contribution in [0.4, 0.5) is 4.39 Å². The van der Waals surface area contributed by atoms with E-state index in [-0.39, 0.29) is 23.3 Å². The van der Waals surface area contributed by atoms with Gasteiger partial charge in [0, 0.05) is 26.2 Å². The van der Waals surface area contributed by atoms with Crippen molar-refractivity contribution < 1.29 is 17.6 Å². The molecule has 25 heavy (non-hydrogen) atoms. The SMILES string of the molecule is CC1CCCN(C(=O)C2CCCN(S(=O)(=O)c3ccc(F)cc3)C2)C1. The molecule has 0 radical (unpaired) electrons. The minimum absolute atomic E-state index is 0.0746. The van der Waals surface area contributed by atoms with E-state index in [4.69, 9.17) is 0 Å². The molecule has 2 saturated heterocycles. The van der Waals surface area contributed by atoms with Gasteiger partial charge in [0.2, 0.25) is 15.9 Å². The summed E-state index contributed by atoms with van der Waals surface area (Å²) in [5, 5.41) is 0. The lowest BCUT2D eigenvalue weighted by atomic mass is 9.94. The molecule has 1 aromatic rings. The van der Waals surface area contributed by atoms with Crippen LogP contribution in [0, 0.1) is 17.7 Å². The van der Waals surface area contributed by atoms with E-state index < -0.39 is 15.8 Å². The number of sulfonamides is 1. The third-order valence-corrected chi connectivity index (χ3v) is 7.03. The average molecular weight is 368 g/mol. The number of hydrogen-bond donors (Lipinski definition) is 0. The van der Waals surface area contributed by atoms with Crippen LogP contribution in [0.25, 0.3) is 0 Å². The Labute approximate surface area is 148 Å². The number of halogens is 1. The Balaban J connectivity index is 1.72. The summed E-state index contributed by atoms with van der Waals surface area (Å²) in [4.78, 5) is 14.8. The van der Waals surface area contributed by atoms with E-state index >= 15 is 0 Å². The second-order valence-electron chi connectivity index (χ2n) is 7.19. The smallest absolute Gasteiger partial charge is 0.243 e. The molecule has 7 heteroatoms. The first-order valence-electron chi connectivity index (χ1n) is 8.92. The Hall–Kier alpha value is -1.47. The van der Waals surface area contributed by atoms with E-state index in [0.717, 1.165) is 44.5 Å². The summed E-state index contributed by atoms with van der Waals surface area (Å²) in [6.07, 6.45) is 3.54. The zero-order chi connectivity index (χ0) is 18.0. The van der Waals surface area contributed by atoms with Gasteiger partial charge >= 0.3 is 0 Å². The molecule has 1 amide bonds. The maximum Gasteiger partial charge on any atom is 0.243 e. The van der Waals surface area contributed by atoms with Crippen molar-refractivity contribution in [3.05, 3.63) is 30.1 Å². The van der Waals surface area contributed by atoms with Gasteiger partial charge in [-0.25, -0.2) is 12.8 Å². The van der Waals surface area contributed by atoms with Crippen LogP contribution in [0.1, 0.15) is 32.6 Å². The van der Waals surface area contributed by atoms with Crippen molar-refractivity contribution in [1.82, 2.24) is 9.21 Å². The minimum atomic E-state index is -3.69. The molecule has 138 valence electrons. The van der Waals surface area contributed by atoms with Crippen molar-refractivity contribution in [2.45, 2.75) is 37.5 Å². The van der Waals surface area contributed by atoms with E-state index in [9.17, 15) is 17.6 Å². The van der Waals surface area contributed by atoms with E-state index in [2.05, 4.69) is 6.92 Å². The third kappa shape index (κ3) is 4.03. The standard InChI is InChI=1S/C18H25FN2O3S/c1-14-4-2-10-20(12-14)18(22)15-5-3-11-21(13-15)25(23,24)17-8-6-16(19)7-9-17/h6-9,14-15H,2-5,10-13H2,1H3. The molecule has 2 fully saturated rings. The molecule has 1 aromatic carbocycles. The fourth-order valence-electron chi connectivity index (χ4n) is 3.77. The Morgan fingerprint density at radius 3 is 2.44 bits per heavy atom. The molecule has 0 N–H and O–H groups in total. The predicted octanol–water partition coefficient (Wildman–Crippen LogP) is 2.48. The number of carbonyl (C=O) groups is 1. The molecular formula is C18H25FN2O3S. The van der Waals surface area contributed by atoms with Crippen LogP contribution in [0.5, 0.6) is 0 Å². The molecule has 2 heterocycles. The van der Waals surface area contributed by atoms with Gasteiger partial charge in [-0.3, -0.25) is 4.79 Å². The Morgan fingerprint density at radius 2 is 1.76 bits per heavy atom. The quantitative estimate of drug-likeness (QED) is 0.824. The topological polar surface area (TPSA) is 57.7 Å². The van der Waals surface area contributed by atoms with Crippen LogP contribution in [-0.2, 0) is 14.8 Å². The summed E-state index contributed by atoms with van der Waals surface area (Å²) in [5.74, 6) is -0.176. The summed E-state index contributed by atoms with van der Waals surface area (Å²) < 4.78 is 40.0. The summed E-state index contributed by atoms with van der Waals surface area (Å²) >= 11 is 0. The molecule has 0 aromatic heterocycles. The molecule has 0 spiro atoms. The van der Waals surface area contributed by atoms with E-state index in [1.165, 1.54) is 16.4 Å². The molecule has 0 bridgehead atoms. The molecule has 2 aliphatic heterocycles. The van der Waals surface area contributed by atoms with Gasteiger partial charge in [0.15, 0.2) is 0 Å². The number of amides is 1. The molecule has 3 rings (SSSR count). The second kappa shape index (κ2) is 7.41. The predicted molar refractivity (Wildman–Crippen MR) is 92.9 cm³/mol. The highest BCUT2D eigenvalue weighted by molar-refractivity contribution is 7.89. The molecular weight excluding hydrogens is 343 g/mol. The average Bonchev–Trinajstić information content (AvgIpc) is 2.61. The molecule has 0 aliphatic carbocycles. The Morgan fingerprint density at radius 1 is 1.08 bits per heavy atom. The van der Waals surface area contributed by atoms with E-state index in [0.29, 0.717) is 18.9 Å². The number of rotatable bonds is 3. The number of hydrogen-bond acceptors (Lipinski definition) is 3. The van der Waals surface area contributed by atoms with Gasteiger partial charge in [-0.05, 0) is 55.9 Å². The van der Waals surface area contributed by atoms with Crippen molar-refractivity contribution >= 4 is 15.9 Å². The maximum atomic E-state index is 13.1. The number of likely N-dealkylation sites (tertiary alicyclic amines) is 1. The van der Waals surface area contributed by atoms with Crippen LogP contribution in [-0.4, -0.2) is 49.7 Å². The fraction of sp³-hybridized carbons (Fsp3) is 0.611. The van der Waals surface area contributed by atoms with Crippen molar-refractivity contribution in [1.29, 1.82) is 0 Å². The zero-order valence-corrected chi connectivity index (χ0v) is 15.3. The molecule has 2 unspecified atom stereocenters. The Bertz CT molecular complexity index is 720. The highest BCUT2D eigenvalue weighted by Gasteiger charge is 2.35. The first kappa shape index (κ1) is 18.3. The Kier molecular flexibility index (Phi) is 5.43. The summed E-state index contributed by atoms with van der Waals surface area (Å²) in [5.41, 5.74) is 0. The molecule has 2 aliphatic rings. The van der Waals surface area contributed by atoms with Crippen molar-refractivity contribution in [2.24, 2.45) is 11.8 Å². The first-order valence-corrected chi connectivity index (χ1v) is 10.4. The maximum absolute atomic E-state index is 13.1. The van der Waals surface area contributed by atoms with Gasteiger partial charge in [-0.2, -0.15) is 4.31 Å². The third-order valence-electron chi connectivity index (χ3n) is 5.15. The monoisotopic (exact) mass is 368 g/mol. The summed E-state index contributed by atoms with van der Waals surface area (Å²) in [6.45, 7) is 4.29. The van der Waals surface area contributed by atoms with E-state index in [1.54, 1.807) is 0 Å².